The summed E-state index contributed by atoms with van der Waals surface area (Å²) < 4.78 is 68.7. The van der Waals surface area contributed by atoms with E-state index < -0.39 is 52.1 Å². The largest absolute Gasteiger partial charge is 0.573 e. The Balaban J connectivity index is 1.38. The van der Waals surface area contributed by atoms with Gasteiger partial charge >= 0.3 is 12.3 Å². The lowest BCUT2D eigenvalue weighted by Crippen LogP contribution is -2.63. The number of hydrogen-bond acceptors (Lipinski definition) is 8. The van der Waals surface area contributed by atoms with E-state index in [1.807, 2.05) is 6.92 Å². The third-order valence-electron chi connectivity index (χ3n) is 6.66. The molecule has 0 radical (unpaired) electrons. The molecule has 1 aromatic carbocycles. The first-order chi connectivity index (χ1) is 17.2. The zero-order valence-corrected chi connectivity index (χ0v) is 21.4. The number of aliphatic carboxylic acids is 1. The second-order valence-electron chi connectivity index (χ2n) is 9.23. The van der Waals surface area contributed by atoms with Crippen molar-refractivity contribution in [1.29, 1.82) is 0 Å². The molecule has 6 atom stereocenters. The summed E-state index contributed by atoms with van der Waals surface area (Å²) in [6.07, 6.45) is -5.38. The van der Waals surface area contributed by atoms with Gasteiger partial charge < -0.3 is 25.2 Å². The van der Waals surface area contributed by atoms with Crippen molar-refractivity contribution in [3.8, 4) is 5.75 Å². The molecule has 0 saturated carbocycles. The molecule has 0 aromatic heterocycles. The van der Waals surface area contributed by atoms with Crippen molar-refractivity contribution in [2.24, 2.45) is 11.8 Å². The SMILES string of the molecule is C[C@@H](O)C1C(=O)N2C(C(=O)O)=C(S[C@H]3CN[C@H](CNS(=O)(=O)c4cccc(OC(F)(F)F)c4)C3)[C@H](C)C12. The van der Waals surface area contributed by atoms with E-state index in [-0.39, 0.29) is 34.3 Å². The summed E-state index contributed by atoms with van der Waals surface area (Å²) in [6, 6.07) is 3.34. The van der Waals surface area contributed by atoms with E-state index in [2.05, 4.69) is 14.8 Å². The van der Waals surface area contributed by atoms with Gasteiger partial charge in [-0.1, -0.05) is 13.0 Å². The normalized spacial score (nSPS) is 28.8. The molecular formula is C22H26F3N3O7S2. The number of hydrogen-bond donors (Lipinski definition) is 4. The molecule has 2 unspecified atom stereocenters. The fourth-order valence-electron chi connectivity index (χ4n) is 5.02. The van der Waals surface area contributed by atoms with Crippen LogP contribution in [0.3, 0.4) is 0 Å². The van der Waals surface area contributed by atoms with Crippen LogP contribution in [0.15, 0.2) is 39.8 Å². The third kappa shape index (κ3) is 5.60. The van der Waals surface area contributed by atoms with E-state index in [0.29, 0.717) is 17.9 Å². The number of sulfonamides is 1. The molecule has 4 N–H and O–H groups in total. The van der Waals surface area contributed by atoms with E-state index in [9.17, 15) is 41.4 Å². The number of carbonyl (C=O) groups is 2. The number of amides is 1. The highest BCUT2D eigenvalue weighted by Gasteiger charge is 2.60. The van der Waals surface area contributed by atoms with Gasteiger partial charge in [0.1, 0.15) is 11.4 Å². The fourth-order valence-corrected chi connectivity index (χ4v) is 7.65. The van der Waals surface area contributed by atoms with Gasteiger partial charge in [-0.2, -0.15) is 0 Å². The molecule has 0 bridgehead atoms. The molecule has 2 fully saturated rings. The molecule has 3 heterocycles. The maximum atomic E-state index is 12.6. The van der Waals surface area contributed by atoms with Crippen LogP contribution in [-0.2, 0) is 19.6 Å². The van der Waals surface area contributed by atoms with Gasteiger partial charge in [-0.25, -0.2) is 17.9 Å². The Morgan fingerprint density at radius 3 is 2.70 bits per heavy atom. The van der Waals surface area contributed by atoms with Gasteiger partial charge in [0.2, 0.25) is 15.9 Å². The average molecular weight is 566 g/mol. The van der Waals surface area contributed by atoms with E-state index in [4.69, 9.17) is 0 Å². The van der Waals surface area contributed by atoms with Crippen LogP contribution in [0.25, 0.3) is 0 Å². The Hall–Kier alpha value is -2.33. The number of nitrogens with zero attached hydrogens (tertiary/aromatic N) is 1. The third-order valence-corrected chi connectivity index (χ3v) is 9.59. The van der Waals surface area contributed by atoms with Crippen molar-refractivity contribution in [2.45, 2.75) is 55.0 Å². The number of carbonyl (C=O) groups excluding carboxylic acids is 1. The van der Waals surface area contributed by atoms with Crippen LogP contribution in [0.5, 0.6) is 5.75 Å². The molecule has 37 heavy (non-hydrogen) atoms. The number of ether oxygens (including phenoxy) is 1. The summed E-state index contributed by atoms with van der Waals surface area (Å²) >= 11 is 1.32. The van der Waals surface area contributed by atoms with Gasteiger partial charge in [-0.15, -0.1) is 24.9 Å². The highest BCUT2D eigenvalue weighted by atomic mass is 32.2. The number of carboxylic acids is 1. The minimum atomic E-state index is -4.95. The Bertz CT molecular complexity index is 1220. The maximum Gasteiger partial charge on any atom is 0.573 e. The van der Waals surface area contributed by atoms with Gasteiger partial charge in [0.05, 0.1) is 23.0 Å². The van der Waals surface area contributed by atoms with Gasteiger partial charge in [0.25, 0.3) is 0 Å². The lowest BCUT2D eigenvalue weighted by Gasteiger charge is -2.46. The predicted octanol–water partition coefficient (Wildman–Crippen LogP) is 1.48. The zero-order valence-electron chi connectivity index (χ0n) is 19.7. The van der Waals surface area contributed by atoms with Crippen LogP contribution in [0.2, 0.25) is 0 Å². The van der Waals surface area contributed by atoms with E-state index in [0.717, 1.165) is 24.3 Å². The lowest BCUT2D eigenvalue weighted by atomic mass is 9.79. The summed E-state index contributed by atoms with van der Waals surface area (Å²) in [5.41, 5.74) is -0.0745. The van der Waals surface area contributed by atoms with Crippen molar-refractivity contribution in [3.05, 3.63) is 34.9 Å². The Labute approximate surface area is 215 Å². The van der Waals surface area contributed by atoms with Crippen molar-refractivity contribution in [3.63, 3.8) is 0 Å². The van der Waals surface area contributed by atoms with Crippen molar-refractivity contribution >= 4 is 33.7 Å². The second-order valence-corrected chi connectivity index (χ2v) is 12.3. The van der Waals surface area contributed by atoms with E-state index in [1.54, 1.807) is 0 Å². The minimum absolute atomic E-state index is 0.0402. The summed E-state index contributed by atoms with van der Waals surface area (Å²) in [5.74, 6) is -3.23. The molecular weight excluding hydrogens is 539 g/mol. The average Bonchev–Trinajstić information content (AvgIpc) is 3.32. The first-order valence-electron chi connectivity index (χ1n) is 11.4. The number of benzene rings is 1. The van der Waals surface area contributed by atoms with Crippen LogP contribution in [-0.4, -0.2) is 78.3 Å². The maximum absolute atomic E-state index is 12.6. The number of β-lactam (4-membered cyclic amide) rings is 1. The smallest absolute Gasteiger partial charge is 0.477 e. The Morgan fingerprint density at radius 1 is 1.38 bits per heavy atom. The summed E-state index contributed by atoms with van der Waals surface area (Å²) in [7, 11) is -4.12. The van der Waals surface area contributed by atoms with Gasteiger partial charge in [-0.3, -0.25) is 4.79 Å². The molecule has 3 aliphatic heterocycles. The number of aliphatic hydroxyl groups excluding tert-OH is 1. The van der Waals surface area contributed by atoms with Gasteiger partial charge in [0, 0.05) is 41.3 Å². The number of carboxylic acid groups (broad SMARTS) is 1. The van der Waals surface area contributed by atoms with Crippen LogP contribution >= 0.6 is 11.8 Å². The predicted molar refractivity (Wildman–Crippen MR) is 126 cm³/mol. The molecule has 204 valence electrons. The van der Waals surface area contributed by atoms with Crippen LogP contribution in [0.4, 0.5) is 13.2 Å². The topological polar surface area (TPSA) is 145 Å². The number of alkyl halides is 3. The van der Waals surface area contributed by atoms with Crippen LogP contribution in [0, 0.1) is 11.8 Å². The molecule has 10 nitrogen and oxygen atoms in total. The number of nitrogens with one attached hydrogen (secondary N) is 2. The molecule has 0 aliphatic carbocycles. The number of thioether (sulfide) groups is 1. The summed E-state index contributed by atoms with van der Waals surface area (Å²) in [6.45, 7) is 3.74. The first-order valence-corrected chi connectivity index (χ1v) is 13.8. The molecule has 2 saturated heterocycles. The van der Waals surface area contributed by atoms with E-state index >= 15 is 0 Å². The fraction of sp³-hybridized carbons (Fsp3) is 0.545. The van der Waals surface area contributed by atoms with Crippen molar-refractivity contribution < 1.29 is 46.1 Å². The second kappa shape index (κ2) is 10.1. The molecule has 1 amide bonds. The number of fused-ring (bicyclic) bond motifs is 1. The van der Waals surface area contributed by atoms with Gasteiger partial charge in [-0.05, 0) is 25.5 Å². The molecule has 0 spiro atoms. The number of rotatable bonds is 9. The molecule has 3 aliphatic rings. The van der Waals surface area contributed by atoms with Crippen LogP contribution in [0.1, 0.15) is 20.3 Å². The quantitative estimate of drug-likeness (QED) is 0.327. The highest BCUT2D eigenvalue weighted by Crippen LogP contribution is 2.51. The highest BCUT2D eigenvalue weighted by molar-refractivity contribution is 8.03. The lowest BCUT2D eigenvalue weighted by molar-refractivity contribution is -0.274. The summed E-state index contributed by atoms with van der Waals surface area (Å²) in [5, 5.41) is 22.8. The molecule has 1 aromatic rings. The molecule has 4 rings (SSSR count). The van der Waals surface area contributed by atoms with Crippen molar-refractivity contribution in [2.75, 3.05) is 13.1 Å². The molecule has 15 heteroatoms. The monoisotopic (exact) mass is 565 g/mol. The van der Waals surface area contributed by atoms with Crippen LogP contribution < -0.4 is 14.8 Å². The first kappa shape index (κ1) is 27.7. The van der Waals surface area contributed by atoms with E-state index in [1.165, 1.54) is 23.6 Å². The number of halogens is 3. The van der Waals surface area contributed by atoms with Gasteiger partial charge in [0.15, 0.2) is 0 Å². The zero-order chi connectivity index (χ0) is 27.3. The Kier molecular flexibility index (Phi) is 7.56. The minimum Gasteiger partial charge on any atom is -0.477 e. The summed E-state index contributed by atoms with van der Waals surface area (Å²) in [4.78, 5) is 25.9. The Morgan fingerprint density at radius 2 is 2.08 bits per heavy atom. The van der Waals surface area contributed by atoms with Crippen molar-refractivity contribution in [1.82, 2.24) is 14.9 Å². The standard InChI is InChI=1S/C22H26F3N3O7S2/c1-10-17-16(11(2)29)20(30)28(17)18(21(31)32)19(10)36-14-6-12(26-9-14)8-27-37(33,34)15-5-3-4-13(7-15)35-22(23,24)25/h3-5,7,10-12,14,16-17,26-27,29H,6,8-9H2,1-2H3,(H,31,32)/t10-,11-,12+,14-,16?,17?/m1/s1. The number of aliphatic hydroxyl groups is 1.